The van der Waals surface area contributed by atoms with Gasteiger partial charge in [0, 0.05) is 16.8 Å². The predicted molar refractivity (Wildman–Crippen MR) is 119 cm³/mol. The first kappa shape index (κ1) is 21.1. The van der Waals surface area contributed by atoms with Crippen molar-refractivity contribution in [1.82, 2.24) is 4.98 Å². The Morgan fingerprint density at radius 1 is 0.938 bits per heavy atom. The minimum Gasteiger partial charge on any atom is -0.365 e. The summed E-state index contributed by atoms with van der Waals surface area (Å²) in [6.45, 7) is 0. The van der Waals surface area contributed by atoms with Gasteiger partial charge in [0.05, 0.1) is 17.8 Å². The Bertz CT molecular complexity index is 1260. The van der Waals surface area contributed by atoms with Crippen molar-refractivity contribution in [2.45, 2.75) is 25.0 Å². The van der Waals surface area contributed by atoms with Crippen molar-refractivity contribution in [3.05, 3.63) is 87.7 Å². The second-order valence-corrected chi connectivity index (χ2v) is 8.42. The van der Waals surface area contributed by atoms with Crippen LogP contribution in [0.3, 0.4) is 0 Å². The van der Waals surface area contributed by atoms with Crippen LogP contribution in [-0.4, -0.2) is 23.1 Å². The summed E-state index contributed by atoms with van der Waals surface area (Å²) in [5.74, 6) is -1.56. The van der Waals surface area contributed by atoms with Gasteiger partial charge in [-0.15, -0.1) is 0 Å². The fraction of sp³-hybridized carbons (Fsp3) is 0.167. The van der Waals surface area contributed by atoms with Crippen molar-refractivity contribution in [3.63, 3.8) is 0 Å². The highest BCUT2D eigenvalue weighted by atomic mass is 35.5. The maximum atomic E-state index is 14.7. The fourth-order valence-corrected chi connectivity index (χ4v) is 4.79. The molecule has 0 aliphatic carbocycles. The molecular formula is C24H16Cl2F2N2O2. The average Bonchev–Trinajstić information content (AvgIpc) is 3.36. The zero-order valence-electron chi connectivity index (χ0n) is 16.5. The molecular weight excluding hydrogens is 457 g/mol. The van der Waals surface area contributed by atoms with Gasteiger partial charge in [-0.1, -0.05) is 41.4 Å². The third kappa shape index (κ3) is 3.79. The van der Waals surface area contributed by atoms with E-state index < -0.39 is 17.5 Å². The Morgan fingerprint density at radius 3 is 2.34 bits per heavy atom. The average molecular weight is 473 g/mol. The molecule has 4 nitrogen and oxygen atoms in total. The summed E-state index contributed by atoms with van der Waals surface area (Å²) < 4.78 is 34.7. The number of benzene rings is 2. The number of anilines is 1. The second kappa shape index (κ2) is 8.28. The van der Waals surface area contributed by atoms with Crippen molar-refractivity contribution in [2.24, 2.45) is 0 Å². The number of halogens is 4. The van der Waals surface area contributed by atoms with E-state index in [1.165, 1.54) is 36.4 Å². The van der Waals surface area contributed by atoms with E-state index >= 15 is 0 Å². The lowest BCUT2D eigenvalue weighted by atomic mass is 9.87. The van der Waals surface area contributed by atoms with Crippen molar-refractivity contribution in [3.8, 4) is 11.1 Å². The van der Waals surface area contributed by atoms with Crippen LogP contribution in [0.2, 0.25) is 10.3 Å². The number of nitrogens with one attached hydrogen (secondary N) is 1. The lowest BCUT2D eigenvalue weighted by Crippen LogP contribution is -2.23. The zero-order valence-corrected chi connectivity index (χ0v) is 18.1. The van der Waals surface area contributed by atoms with Gasteiger partial charge in [0.1, 0.15) is 21.9 Å². The summed E-state index contributed by atoms with van der Waals surface area (Å²) in [6, 6.07) is 13.4. The first-order valence-corrected chi connectivity index (χ1v) is 10.7. The molecule has 2 unspecified atom stereocenters. The van der Waals surface area contributed by atoms with Crippen molar-refractivity contribution >= 4 is 40.4 Å². The molecule has 1 amide bonds. The highest BCUT2D eigenvalue weighted by molar-refractivity contribution is 6.32. The van der Waals surface area contributed by atoms with E-state index in [9.17, 15) is 13.6 Å². The molecule has 2 aromatic carbocycles. The van der Waals surface area contributed by atoms with Crippen LogP contribution in [0.1, 0.15) is 18.4 Å². The Labute approximate surface area is 192 Å². The summed E-state index contributed by atoms with van der Waals surface area (Å²) in [5, 5.41) is 3.17. The van der Waals surface area contributed by atoms with E-state index in [0.29, 0.717) is 23.1 Å². The van der Waals surface area contributed by atoms with Crippen LogP contribution < -0.4 is 5.32 Å². The smallest absolute Gasteiger partial charge is 0.254 e. The normalized spacial score (nSPS) is 19.5. The van der Waals surface area contributed by atoms with Crippen molar-refractivity contribution in [1.29, 1.82) is 0 Å². The quantitative estimate of drug-likeness (QED) is 0.454. The first-order valence-electron chi connectivity index (χ1n) is 9.99. The summed E-state index contributed by atoms with van der Waals surface area (Å²) in [4.78, 5) is 17.1. The van der Waals surface area contributed by atoms with Gasteiger partial charge in [-0.25, -0.2) is 13.8 Å². The SMILES string of the molecule is O=C(Nc1ccc(-c2ccccc2F)c(F)c1)C1=C(c2cc(Cl)nc(Cl)c2)C2CCC1O2. The standard InChI is InChI=1S/C24H16Cl2F2N2O2/c25-20-9-12(10-21(26)30-20)22-18-7-8-19(32-18)23(22)24(31)29-13-5-6-15(17(28)11-13)14-3-1-2-4-16(14)27/h1-6,9-11,18-19H,7-8H2,(H,29,31). The van der Waals surface area contributed by atoms with Crippen LogP contribution in [0.25, 0.3) is 16.7 Å². The Balaban J connectivity index is 1.47. The molecule has 1 aromatic heterocycles. The Hall–Kier alpha value is -2.80. The van der Waals surface area contributed by atoms with Crippen LogP contribution in [0.4, 0.5) is 14.5 Å². The van der Waals surface area contributed by atoms with Crippen LogP contribution in [0.5, 0.6) is 0 Å². The number of carbonyl (C=O) groups excluding carboxylic acids is 1. The number of nitrogens with zero attached hydrogens (tertiary/aromatic N) is 1. The number of amides is 1. The number of ether oxygens (including phenoxy) is 1. The van der Waals surface area contributed by atoms with Gasteiger partial charge in [0.25, 0.3) is 5.91 Å². The molecule has 0 radical (unpaired) electrons. The van der Waals surface area contributed by atoms with Gasteiger partial charge in [-0.3, -0.25) is 4.79 Å². The lowest BCUT2D eigenvalue weighted by Gasteiger charge is -2.17. The fourth-order valence-electron chi connectivity index (χ4n) is 4.33. The molecule has 3 heterocycles. The molecule has 162 valence electrons. The van der Waals surface area contributed by atoms with Gasteiger partial charge in [-0.2, -0.15) is 0 Å². The number of carbonyl (C=O) groups is 1. The molecule has 32 heavy (non-hydrogen) atoms. The maximum absolute atomic E-state index is 14.7. The van der Waals surface area contributed by atoms with E-state index in [2.05, 4.69) is 10.3 Å². The molecule has 2 aliphatic rings. The molecule has 1 N–H and O–H groups in total. The third-order valence-corrected chi connectivity index (χ3v) is 6.05. The van der Waals surface area contributed by atoms with E-state index in [0.717, 1.165) is 6.42 Å². The molecule has 0 spiro atoms. The van der Waals surface area contributed by atoms with Crippen LogP contribution in [-0.2, 0) is 9.53 Å². The second-order valence-electron chi connectivity index (χ2n) is 7.65. The third-order valence-electron chi connectivity index (χ3n) is 5.66. The van der Waals surface area contributed by atoms with E-state index in [-0.39, 0.29) is 39.3 Å². The molecule has 1 saturated heterocycles. The minimum atomic E-state index is -0.640. The van der Waals surface area contributed by atoms with E-state index in [4.69, 9.17) is 27.9 Å². The predicted octanol–water partition coefficient (Wildman–Crippen LogP) is 6.29. The zero-order chi connectivity index (χ0) is 22.4. The highest BCUT2D eigenvalue weighted by Crippen LogP contribution is 2.45. The number of aromatic nitrogens is 1. The van der Waals surface area contributed by atoms with E-state index in [1.54, 1.807) is 18.2 Å². The molecule has 2 aliphatic heterocycles. The number of fused-ring (bicyclic) bond motifs is 2. The van der Waals surface area contributed by atoms with E-state index in [1.807, 2.05) is 0 Å². The van der Waals surface area contributed by atoms with Crippen LogP contribution in [0, 0.1) is 11.6 Å². The minimum absolute atomic E-state index is 0.116. The van der Waals surface area contributed by atoms with Gasteiger partial charge < -0.3 is 10.1 Å². The molecule has 3 aromatic rings. The summed E-state index contributed by atoms with van der Waals surface area (Å²) in [6.07, 6.45) is 0.892. The topological polar surface area (TPSA) is 51.2 Å². The monoisotopic (exact) mass is 472 g/mol. The number of rotatable bonds is 4. The summed E-state index contributed by atoms with van der Waals surface area (Å²) >= 11 is 12.1. The number of pyridine rings is 1. The maximum Gasteiger partial charge on any atom is 0.254 e. The first-order chi connectivity index (χ1) is 15.4. The number of hydrogen-bond acceptors (Lipinski definition) is 3. The van der Waals surface area contributed by atoms with Crippen LogP contribution >= 0.6 is 23.2 Å². The van der Waals surface area contributed by atoms with Crippen molar-refractivity contribution in [2.75, 3.05) is 5.32 Å². The molecule has 8 heteroatoms. The molecule has 5 rings (SSSR count). The lowest BCUT2D eigenvalue weighted by molar-refractivity contribution is -0.113. The van der Waals surface area contributed by atoms with Crippen LogP contribution in [0.15, 0.2) is 60.2 Å². The molecule has 1 fully saturated rings. The highest BCUT2D eigenvalue weighted by Gasteiger charge is 2.43. The van der Waals surface area contributed by atoms with Gasteiger partial charge in [0.2, 0.25) is 0 Å². The van der Waals surface area contributed by atoms with Gasteiger partial charge >= 0.3 is 0 Å². The van der Waals surface area contributed by atoms with Gasteiger partial charge in [-0.05, 0) is 60.4 Å². The summed E-state index contributed by atoms with van der Waals surface area (Å²) in [5.41, 5.74) is 2.39. The van der Waals surface area contributed by atoms with Gasteiger partial charge in [0.15, 0.2) is 0 Å². The molecule has 2 atom stereocenters. The summed E-state index contributed by atoms with van der Waals surface area (Å²) in [7, 11) is 0. The Kier molecular flexibility index (Phi) is 5.45. The van der Waals surface area contributed by atoms with Crippen molar-refractivity contribution < 1.29 is 18.3 Å². The largest absolute Gasteiger partial charge is 0.365 e. The Morgan fingerprint density at radius 2 is 1.62 bits per heavy atom. The molecule has 2 bridgehead atoms. The molecule has 0 saturated carbocycles. The number of hydrogen-bond donors (Lipinski definition) is 1.